The molecule has 1 amide bonds. The predicted molar refractivity (Wildman–Crippen MR) is 121 cm³/mol. The molecule has 1 N–H and O–H groups in total. The molecule has 174 valence electrons. The Morgan fingerprint density at radius 2 is 1.88 bits per heavy atom. The fourth-order valence-electron chi connectivity index (χ4n) is 3.65. The van der Waals surface area contributed by atoms with Crippen molar-refractivity contribution in [3.8, 4) is 11.5 Å². The van der Waals surface area contributed by atoms with Gasteiger partial charge >= 0.3 is 6.36 Å². The molecule has 0 spiro atoms. The summed E-state index contributed by atoms with van der Waals surface area (Å²) in [6.45, 7) is 2.60. The van der Waals surface area contributed by atoms with Gasteiger partial charge in [0, 0.05) is 24.1 Å². The second-order valence-corrected chi connectivity index (χ2v) is 8.60. The maximum Gasteiger partial charge on any atom is 0.573 e. The summed E-state index contributed by atoms with van der Waals surface area (Å²) in [5.74, 6) is -0.255. The number of nitrogens with one attached hydrogen (secondary N) is 1. The first-order valence-corrected chi connectivity index (χ1v) is 11.7. The molecule has 1 saturated heterocycles. The van der Waals surface area contributed by atoms with Crippen LogP contribution in [-0.4, -0.2) is 37.2 Å². The monoisotopic (exact) mass is 508 g/mol. The molecule has 11 heteroatoms. The van der Waals surface area contributed by atoms with Crippen molar-refractivity contribution in [2.45, 2.75) is 38.3 Å². The summed E-state index contributed by atoms with van der Waals surface area (Å²) in [5.41, 5.74) is 1.10. The van der Waals surface area contributed by atoms with Crippen molar-refractivity contribution in [3.63, 3.8) is 0 Å². The molecule has 0 bridgehead atoms. The fourth-order valence-corrected chi connectivity index (χ4v) is 4.39. The van der Waals surface area contributed by atoms with E-state index in [1.54, 1.807) is 30.5 Å². The Hall–Kier alpha value is -1.97. The second kappa shape index (κ2) is 10.3. The molecule has 32 heavy (non-hydrogen) atoms. The summed E-state index contributed by atoms with van der Waals surface area (Å²) in [6.07, 6.45) is -1.64. The number of anilines is 1. The molecule has 2 unspecified atom stereocenters. The normalized spacial score (nSPS) is 17.2. The molecule has 2 atom stereocenters. The third-order valence-corrected chi connectivity index (χ3v) is 6.00. The minimum atomic E-state index is -4.81. The van der Waals surface area contributed by atoms with Crippen molar-refractivity contribution in [1.82, 2.24) is 4.72 Å². The lowest BCUT2D eigenvalue weighted by Crippen LogP contribution is -2.40. The number of halogens is 5. The lowest BCUT2D eigenvalue weighted by Gasteiger charge is -2.32. The van der Waals surface area contributed by atoms with Gasteiger partial charge in [-0.25, -0.2) is 0 Å². The number of carbonyl (C=O) groups excluding carboxylic acids is 1. The zero-order chi connectivity index (χ0) is 23.5. The van der Waals surface area contributed by atoms with Gasteiger partial charge in [-0.15, -0.1) is 13.2 Å². The molecule has 2 aromatic carbocycles. The Morgan fingerprint density at radius 1 is 1.19 bits per heavy atom. The van der Waals surface area contributed by atoms with Gasteiger partial charge in [0.2, 0.25) is 0 Å². The fraction of sp³-hybridized carbons (Fsp3) is 0.381. The average molecular weight is 509 g/mol. The topological polar surface area (TPSA) is 50.8 Å². The van der Waals surface area contributed by atoms with Gasteiger partial charge in [-0.05, 0) is 56.2 Å². The minimum absolute atomic E-state index is 0.0454. The van der Waals surface area contributed by atoms with Gasteiger partial charge in [-0.1, -0.05) is 35.1 Å². The number of carbonyl (C=O) groups is 1. The van der Waals surface area contributed by atoms with Crippen LogP contribution in [0.3, 0.4) is 0 Å². The Labute approximate surface area is 198 Å². The number of rotatable bonds is 7. The lowest BCUT2D eigenvalue weighted by molar-refractivity contribution is -0.274. The highest BCUT2D eigenvalue weighted by molar-refractivity contribution is 7.97. The van der Waals surface area contributed by atoms with Crippen LogP contribution in [0, 0.1) is 0 Å². The Bertz CT molecular complexity index is 978. The van der Waals surface area contributed by atoms with Gasteiger partial charge in [0.1, 0.15) is 17.6 Å². The quantitative estimate of drug-likeness (QED) is 0.442. The van der Waals surface area contributed by atoms with Gasteiger partial charge in [-0.2, -0.15) is 0 Å². The third-order valence-electron chi connectivity index (χ3n) is 5.02. The number of hydrogen-bond donors (Lipinski definition) is 1. The highest BCUT2D eigenvalue weighted by Crippen LogP contribution is 2.37. The second-order valence-electron chi connectivity index (χ2n) is 7.17. The van der Waals surface area contributed by atoms with Gasteiger partial charge < -0.3 is 14.4 Å². The zero-order valence-corrected chi connectivity index (χ0v) is 19.5. The number of amides is 1. The highest BCUT2D eigenvalue weighted by Gasteiger charge is 2.34. The van der Waals surface area contributed by atoms with Crippen LogP contribution in [0.4, 0.5) is 18.9 Å². The van der Waals surface area contributed by atoms with E-state index >= 15 is 0 Å². The predicted octanol–water partition coefficient (Wildman–Crippen LogP) is 6.34. The molecule has 0 aromatic heterocycles. The maximum absolute atomic E-state index is 12.5. The van der Waals surface area contributed by atoms with Gasteiger partial charge in [-0.3, -0.25) is 9.52 Å². The minimum Gasteiger partial charge on any atom is -0.487 e. The number of alkyl halides is 3. The van der Waals surface area contributed by atoms with E-state index in [0.717, 1.165) is 12.8 Å². The van der Waals surface area contributed by atoms with E-state index < -0.39 is 12.1 Å². The van der Waals surface area contributed by atoms with Crippen LogP contribution in [0.15, 0.2) is 36.4 Å². The first-order valence-electron chi connectivity index (χ1n) is 9.70. The van der Waals surface area contributed by atoms with Crippen molar-refractivity contribution in [2.24, 2.45) is 0 Å². The van der Waals surface area contributed by atoms with Gasteiger partial charge in [0.05, 0.1) is 16.1 Å². The van der Waals surface area contributed by atoms with Crippen molar-refractivity contribution in [1.29, 1.82) is 0 Å². The Morgan fingerprint density at radius 3 is 2.50 bits per heavy atom. The van der Waals surface area contributed by atoms with Crippen LogP contribution in [0.25, 0.3) is 0 Å². The SMILES string of the molecule is CSNC(=O)c1ccc(OC(C)C2CCCN2c2ccc(OC(F)(F)F)c(Cl)c2)c(Cl)c1. The van der Waals surface area contributed by atoms with Gasteiger partial charge in [0.25, 0.3) is 5.91 Å². The van der Waals surface area contributed by atoms with E-state index in [1.807, 2.05) is 11.8 Å². The molecule has 2 aromatic rings. The summed E-state index contributed by atoms with van der Waals surface area (Å²) in [4.78, 5) is 14.0. The molecule has 3 rings (SSSR count). The Balaban J connectivity index is 1.73. The van der Waals surface area contributed by atoms with Crippen LogP contribution in [-0.2, 0) is 0 Å². The molecular weight excluding hydrogens is 488 g/mol. The number of benzene rings is 2. The number of hydrogen-bond acceptors (Lipinski definition) is 5. The number of nitrogens with zero attached hydrogens (tertiary/aromatic N) is 1. The van der Waals surface area contributed by atoms with Crippen LogP contribution < -0.4 is 19.1 Å². The van der Waals surface area contributed by atoms with Crippen molar-refractivity contribution >= 4 is 46.7 Å². The van der Waals surface area contributed by atoms with Crippen molar-refractivity contribution in [2.75, 3.05) is 17.7 Å². The summed E-state index contributed by atoms with van der Waals surface area (Å²) < 4.78 is 50.1. The number of ether oxygens (including phenoxy) is 2. The van der Waals surface area contributed by atoms with Crippen LogP contribution in [0.2, 0.25) is 10.0 Å². The maximum atomic E-state index is 12.5. The molecule has 1 aliphatic heterocycles. The third kappa shape index (κ3) is 6.08. The molecular formula is C21H21Cl2F3N2O3S. The molecule has 1 aliphatic rings. The zero-order valence-electron chi connectivity index (χ0n) is 17.2. The van der Waals surface area contributed by atoms with Gasteiger partial charge in [0.15, 0.2) is 0 Å². The largest absolute Gasteiger partial charge is 0.573 e. The summed E-state index contributed by atoms with van der Waals surface area (Å²) >= 11 is 13.5. The molecule has 0 radical (unpaired) electrons. The lowest BCUT2D eigenvalue weighted by atomic mass is 10.1. The molecule has 5 nitrogen and oxygen atoms in total. The molecule has 1 fully saturated rings. The van der Waals surface area contributed by atoms with E-state index in [0.29, 0.717) is 28.6 Å². The highest BCUT2D eigenvalue weighted by atomic mass is 35.5. The van der Waals surface area contributed by atoms with Crippen LogP contribution >= 0.6 is 35.1 Å². The first kappa shape index (κ1) is 24.7. The van der Waals surface area contributed by atoms with E-state index in [4.69, 9.17) is 27.9 Å². The van der Waals surface area contributed by atoms with E-state index in [9.17, 15) is 18.0 Å². The standard InChI is InChI=1S/C21H21Cl2F3N2O3S/c1-12(30-18-7-5-13(10-15(18)22)20(29)27-32-2)17-4-3-9-28(17)14-6-8-19(16(23)11-14)31-21(24,25)26/h5-8,10-12,17H,3-4,9H2,1-2H3,(H,27,29). The van der Waals surface area contributed by atoms with Crippen molar-refractivity contribution in [3.05, 3.63) is 52.0 Å². The summed E-state index contributed by atoms with van der Waals surface area (Å²) in [6, 6.07) is 8.99. The van der Waals surface area contributed by atoms with E-state index in [1.165, 1.54) is 24.1 Å². The molecule has 0 aliphatic carbocycles. The Kier molecular flexibility index (Phi) is 7.95. The first-order chi connectivity index (χ1) is 15.1. The summed E-state index contributed by atoms with van der Waals surface area (Å²) in [7, 11) is 0. The molecule has 0 saturated carbocycles. The van der Waals surface area contributed by atoms with Crippen molar-refractivity contribution < 1.29 is 27.4 Å². The smallest absolute Gasteiger partial charge is 0.487 e. The van der Waals surface area contributed by atoms with Crippen LogP contribution in [0.1, 0.15) is 30.1 Å². The van der Waals surface area contributed by atoms with E-state index in [2.05, 4.69) is 9.46 Å². The molecule has 1 heterocycles. The van der Waals surface area contributed by atoms with Crippen LogP contribution in [0.5, 0.6) is 11.5 Å². The van der Waals surface area contributed by atoms with E-state index in [-0.39, 0.29) is 23.1 Å². The summed E-state index contributed by atoms with van der Waals surface area (Å²) in [5, 5.41) is 0.188. The average Bonchev–Trinajstić information content (AvgIpc) is 3.20.